The highest BCUT2D eigenvalue weighted by atomic mass is 16.5. The molecule has 1 N–H and O–H groups in total. The van der Waals surface area contributed by atoms with Crippen LogP contribution in [0.1, 0.15) is 0 Å². The summed E-state index contributed by atoms with van der Waals surface area (Å²) >= 11 is 0. The van der Waals surface area contributed by atoms with E-state index in [4.69, 9.17) is 9.47 Å². The molecule has 0 spiro atoms. The second-order valence-electron chi connectivity index (χ2n) is 3.17. The molecule has 0 heterocycles. The fraction of sp³-hybridized carbons (Fsp3) is 0.167. The SMILES string of the molecule is COc1ccc2cccc(OC)c2c1O. The highest BCUT2D eigenvalue weighted by Gasteiger charge is 2.10. The molecule has 2 aromatic carbocycles. The minimum absolute atomic E-state index is 0.118. The predicted molar refractivity (Wildman–Crippen MR) is 58.7 cm³/mol. The summed E-state index contributed by atoms with van der Waals surface area (Å²) in [6.45, 7) is 0. The molecular weight excluding hydrogens is 192 g/mol. The summed E-state index contributed by atoms with van der Waals surface area (Å²) in [5.74, 6) is 1.21. The Hall–Kier alpha value is -1.90. The van der Waals surface area contributed by atoms with Gasteiger partial charge in [0.1, 0.15) is 5.75 Å². The molecule has 0 aromatic heterocycles. The van der Waals surface area contributed by atoms with Crippen molar-refractivity contribution < 1.29 is 14.6 Å². The minimum Gasteiger partial charge on any atom is -0.504 e. The van der Waals surface area contributed by atoms with E-state index in [2.05, 4.69) is 0 Å². The Morgan fingerprint density at radius 1 is 0.933 bits per heavy atom. The lowest BCUT2D eigenvalue weighted by Crippen LogP contribution is -1.88. The van der Waals surface area contributed by atoms with E-state index in [1.165, 1.54) is 7.11 Å². The monoisotopic (exact) mass is 204 g/mol. The number of hydrogen-bond donors (Lipinski definition) is 1. The zero-order chi connectivity index (χ0) is 10.8. The van der Waals surface area contributed by atoms with E-state index in [0.29, 0.717) is 16.9 Å². The molecule has 3 heteroatoms. The van der Waals surface area contributed by atoms with Crippen LogP contribution in [-0.4, -0.2) is 19.3 Å². The van der Waals surface area contributed by atoms with Gasteiger partial charge in [-0.2, -0.15) is 0 Å². The number of benzene rings is 2. The molecule has 15 heavy (non-hydrogen) atoms. The molecule has 0 atom stereocenters. The summed E-state index contributed by atoms with van der Waals surface area (Å²) in [7, 11) is 3.10. The maximum atomic E-state index is 9.96. The van der Waals surface area contributed by atoms with Crippen molar-refractivity contribution >= 4 is 10.8 Å². The summed E-state index contributed by atoms with van der Waals surface area (Å²) in [5.41, 5.74) is 0. The molecule has 0 fully saturated rings. The summed E-state index contributed by atoms with van der Waals surface area (Å²) < 4.78 is 10.2. The second-order valence-corrected chi connectivity index (χ2v) is 3.17. The molecule has 0 bridgehead atoms. The van der Waals surface area contributed by atoms with Crippen molar-refractivity contribution in [1.82, 2.24) is 0 Å². The molecule has 0 aliphatic carbocycles. The second kappa shape index (κ2) is 3.69. The standard InChI is InChI=1S/C12H12O3/c1-14-9-5-3-4-8-6-7-10(15-2)12(13)11(8)9/h3-7,13H,1-2H3. The lowest BCUT2D eigenvalue weighted by molar-refractivity contribution is 0.374. The molecule has 0 unspecified atom stereocenters. The number of methoxy groups -OCH3 is 2. The van der Waals surface area contributed by atoms with E-state index in [-0.39, 0.29) is 5.75 Å². The van der Waals surface area contributed by atoms with Crippen LogP contribution in [0.3, 0.4) is 0 Å². The third kappa shape index (κ3) is 1.46. The van der Waals surface area contributed by atoms with Gasteiger partial charge in [0.25, 0.3) is 0 Å². The molecule has 78 valence electrons. The predicted octanol–water partition coefficient (Wildman–Crippen LogP) is 2.56. The zero-order valence-electron chi connectivity index (χ0n) is 8.65. The Morgan fingerprint density at radius 3 is 2.33 bits per heavy atom. The quantitative estimate of drug-likeness (QED) is 0.817. The molecule has 0 saturated carbocycles. The molecular formula is C12H12O3. The van der Waals surface area contributed by atoms with E-state index in [1.807, 2.05) is 24.3 Å². The molecule has 0 amide bonds. The Kier molecular flexibility index (Phi) is 2.37. The van der Waals surface area contributed by atoms with Crippen LogP contribution in [-0.2, 0) is 0 Å². The van der Waals surface area contributed by atoms with Gasteiger partial charge in [-0.05, 0) is 17.5 Å². The fourth-order valence-electron chi connectivity index (χ4n) is 1.64. The van der Waals surface area contributed by atoms with E-state index < -0.39 is 0 Å². The first kappa shape index (κ1) is 9.65. The normalized spacial score (nSPS) is 10.3. The number of rotatable bonds is 2. The van der Waals surface area contributed by atoms with Crippen LogP contribution in [0.2, 0.25) is 0 Å². The van der Waals surface area contributed by atoms with Gasteiger partial charge >= 0.3 is 0 Å². The maximum Gasteiger partial charge on any atom is 0.169 e. The van der Waals surface area contributed by atoms with Crippen molar-refractivity contribution in [3.05, 3.63) is 30.3 Å². The van der Waals surface area contributed by atoms with Crippen LogP contribution < -0.4 is 9.47 Å². The first-order valence-corrected chi connectivity index (χ1v) is 4.60. The van der Waals surface area contributed by atoms with Crippen LogP contribution >= 0.6 is 0 Å². The third-order valence-corrected chi connectivity index (χ3v) is 2.38. The maximum absolute atomic E-state index is 9.96. The number of phenols is 1. The van der Waals surface area contributed by atoms with Gasteiger partial charge in [0.05, 0.1) is 19.6 Å². The highest BCUT2D eigenvalue weighted by molar-refractivity contribution is 5.95. The summed E-state index contributed by atoms with van der Waals surface area (Å²) in [5, 5.41) is 11.6. The van der Waals surface area contributed by atoms with E-state index >= 15 is 0 Å². The van der Waals surface area contributed by atoms with Crippen molar-refractivity contribution in [3.8, 4) is 17.2 Å². The van der Waals surface area contributed by atoms with Crippen LogP contribution in [0.4, 0.5) is 0 Å². The van der Waals surface area contributed by atoms with Gasteiger partial charge in [-0.25, -0.2) is 0 Å². The van der Waals surface area contributed by atoms with Crippen LogP contribution in [0.5, 0.6) is 17.2 Å². The Balaban J connectivity index is 2.82. The van der Waals surface area contributed by atoms with Gasteiger partial charge in [-0.15, -0.1) is 0 Å². The van der Waals surface area contributed by atoms with Crippen molar-refractivity contribution in [2.24, 2.45) is 0 Å². The van der Waals surface area contributed by atoms with Crippen LogP contribution in [0, 0.1) is 0 Å². The number of fused-ring (bicyclic) bond motifs is 1. The van der Waals surface area contributed by atoms with Crippen molar-refractivity contribution in [3.63, 3.8) is 0 Å². The number of hydrogen-bond acceptors (Lipinski definition) is 3. The smallest absolute Gasteiger partial charge is 0.169 e. The van der Waals surface area contributed by atoms with Gasteiger partial charge in [-0.1, -0.05) is 18.2 Å². The molecule has 0 radical (unpaired) electrons. The summed E-state index contributed by atoms with van der Waals surface area (Å²) in [6.07, 6.45) is 0. The van der Waals surface area contributed by atoms with Crippen LogP contribution in [0.25, 0.3) is 10.8 Å². The van der Waals surface area contributed by atoms with Crippen molar-refractivity contribution in [2.45, 2.75) is 0 Å². The Bertz CT molecular complexity index is 491. The van der Waals surface area contributed by atoms with Crippen molar-refractivity contribution in [2.75, 3.05) is 14.2 Å². The first-order valence-electron chi connectivity index (χ1n) is 4.60. The molecule has 0 saturated heterocycles. The van der Waals surface area contributed by atoms with Crippen molar-refractivity contribution in [1.29, 1.82) is 0 Å². The summed E-state index contributed by atoms with van der Waals surface area (Å²) in [6, 6.07) is 9.22. The average molecular weight is 204 g/mol. The van der Waals surface area contributed by atoms with E-state index in [9.17, 15) is 5.11 Å². The zero-order valence-corrected chi connectivity index (χ0v) is 8.65. The fourth-order valence-corrected chi connectivity index (χ4v) is 1.64. The molecule has 3 nitrogen and oxygen atoms in total. The first-order chi connectivity index (χ1) is 7.27. The topological polar surface area (TPSA) is 38.7 Å². The molecule has 0 aliphatic rings. The number of phenolic OH excluding ortho intramolecular Hbond substituents is 1. The van der Waals surface area contributed by atoms with E-state index in [1.54, 1.807) is 13.2 Å². The Morgan fingerprint density at radius 2 is 1.67 bits per heavy atom. The van der Waals surface area contributed by atoms with E-state index in [0.717, 1.165) is 5.39 Å². The molecule has 2 rings (SSSR count). The molecule has 0 aliphatic heterocycles. The largest absolute Gasteiger partial charge is 0.504 e. The van der Waals surface area contributed by atoms with Gasteiger partial charge in [0.15, 0.2) is 11.5 Å². The third-order valence-electron chi connectivity index (χ3n) is 2.38. The lowest BCUT2D eigenvalue weighted by Gasteiger charge is -2.09. The van der Waals surface area contributed by atoms with Gasteiger partial charge < -0.3 is 14.6 Å². The Labute approximate surface area is 87.9 Å². The molecule has 2 aromatic rings. The summed E-state index contributed by atoms with van der Waals surface area (Å²) in [4.78, 5) is 0. The van der Waals surface area contributed by atoms with Gasteiger partial charge in [-0.3, -0.25) is 0 Å². The highest BCUT2D eigenvalue weighted by Crippen LogP contribution is 2.39. The average Bonchev–Trinajstić information content (AvgIpc) is 2.29. The lowest BCUT2D eigenvalue weighted by atomic mass is 10.1. The van der Waals surface area contributed by atoms with Crippen LogP contribution in [0.15, 0.2) is 30.3 Å². The van der Waals surface area contributed by atoms with Gasteiger partial charge in [0, 0.05) is 0 Å². The minimum atomic E-state index is 0.118. The number of aromatic hydroxyl groups is 1. The van der Waals surface area contributed by atoms with Gasteiger partial charge in [0.2, 0.25) is 0 Å². The number of ether oxygens (including phenoxy) is 2.